The van der Waals surface area contributed by atoms with Crippen molar-refractivity contribution in [2.75, 3.05) is 14.2 Å². The molecule has 0 amide bonds. The van der Waals surface area contributed by atoms with Crippen molar-refractivity contribution < 1.29 is 9.15 Å². The van der Waals surface area contributed by atoms with Gasteiger partial charge in [-0.25, -0.2) is 0 Å². The molecule has 0 spiro atoms. The zero-order valence-electron chi connectivity index (χ0n) is 10.2. The molecule has 1 aliphatic carbocycles. The molecule has 3 heteroatoms. The lowest BCUT2D eigenvalue weighted by molar-refractivity contribution is -0.0832. The Morgan fingerprint density at radius 1 is 1.56 bits per heavy atom. The summed E-state index contributed by atoms with van der Waals surface area (Å²) in [6.07, 6.45) is 7.43. The van der Waals surface area contributed by atoms with Crippen LogP contribution in [0.1, 0.15) is 31.4 Å². The summed E-state index contributed by atoms with van der Waals surface area (Å²) in [5.41, 5.74) is 0.125. The third-order valence-corrected chi connectivity index (χ3v) is 3.75. The monoisotopic (exact) mass is 223 g/mol. The van der Waals surface area contributed by atoms with Crippen LogP contribution in [0.2, 0.25) is 0 Å². The van der Waals surface area contributed by atoms with Crippen LogP contribution in [0.15, 0.2) is 22.8 Å². The number of likely N-dealkylation sites (N-methyl/N-ethyl adjacent to an activating group) is 1. The van der Waals surface area contributed by atoms with Gasteiger partial charge in [-0.3, -0.25) is 0 Å². The van der Waals surface area contributed by atoms with Gasteiger partial charge < -0.3 is 14.5 Å². The Hall–Kier alpha value is -0.800. The highest BCUT2D eigenvalue weighted by Gasteiger charge is 2.38. The fourth-order valence-electron chi connectivity index (χ4n) is 2.46. The van der Waals surface area contributed by atoms with E-state index >= 15 is 0 Å². The highest BCUT2D eigenvalue weighted by atomic mass is 16.5. The maximum Gasteiger partial charge on any atom is 0.105 e. The molecule has 1 N–H and O–H groups in total. The van der Waals surface area contributed by atoms with E-state index in [0.29, 0.717) is 6.04 Å². The molecule has 0 saturated heterocycles. The molecule has 1 aliphatic rings. The molecule has 16 heavy (non-hydrogen) atoms. The summed E-state index contributed by atoms with van der Waals surface area (Å²) in [5.74, 6) is 1.05. The van der Waals surface area contributed by atoms with Crippen LogP contribution in [-0.4, -0.2) is 25.8 Å². The van der Waals surface area contributed by atoms with Crippen LogP contribution < -0.4 is 5.32 Å². The maximum atomic E-state index is 5.65. The Labute approximate surface area is 97.2 Å². The minimum absolute atomic E-state index is 0.125. The summed E-state index contributed by atoms with van der Waals surface area (Å²) in [6.45, 7) is 0. The fraction of sp³-hybridized carbons (Fsp3) is 0.692. The topological polar surface area (TPSA) is 34.4 Å². The number of rotatable bonds is 6. The molecule has 1 fully saturated rings. The molecule has 0 aromatic carbocycles. The van der Waals surface area contributed by atoms with Gasteiger partial charge in [-0.2, -0.15) is 0 Å². The molecular formula is C13H21NO2. The molecule has 2 rings (SSSR count). The number of methoxy groups -OCH3 is 1. The summed E-state index contributed by atoms with van der Waals surface area (Å²) >= 11 is 0. The molecule has 1 heterocycles. The van der Waals surface area contributed by atoms with E-state index in [4.69, 9.17) is 9.15 Å². The Morgan fingerprint density at radius 3 is 2.81 bits per heavy atom. The minimum atomic E-state index is 0.125. The summed E-state index contributed by atoms with van der Waals surface area (Å²) in [4.78, 5) is 0. The smallest absolute Gasteiger partial charge is 0.105 e. The zero-order valence-corrected chi connectivity index (χ0v) is 10.2. The van der Waals surface area contributed by atoms with Crippen LogP contribution in [0.5, 0.6) is 0 Å². The number of ether oxygens (including phenoxy) is 1. The summed E-state index contributed by atoms with van der Waals surface area (Å²) in [5, 5.41) is 3.36. The number of hydrogen-bond acceptors (Lipinski definition) is 3. The lowest BCUT2D eigenvalue weighted by Gasteiger charge is -2.42. The van der Waals surface area contributed by atoms with Crippen LogP contribution in [0.3, 0.4) is 0 Å². The standard InChI is InChI=1S/C13H21NO2/c1-14-11(9-12-5-3-8-16-12)10-13(15-2)6-4-7-13/h3,5,8,11,14H,4,6-7,9-10H2,1-2H3. The second-order valence-corrected chi connectivity index (χ2v) is 4.71. The normalized spacial score (nSPS) is 20.4. The summed E-state index contributed by atoms with van der Waals surface area (Å²) < 4.78 is 11.0. The van der Waals surface area contributed by atoms with Crippen LogP contribution in [0.25, 0.3) is 0 Å². The van der Waals surface area contributed by atoms with Crippen molar-refractivity contribution in [2.45, 2.75) is 43.7 Å². The predicted molar refractivity (Wildman–Crippen MR) is 63.5 cm³/mol. The van der Waals surface area contributed by atoms with Gasteiger partial charge in [0.15, 0.2) is 0 Å². The maximum absolute atomic E-state index is 5.65. The Morgan fingerprint density at radius 2 is 2.38 bits per heavy atom. The third kappa shape index (κ3) is 2.47. The van der Waals surface area contributed by atoms with Crippen LogP contribution in [0.4, 0.5) is 0 Å². The molecule has 1 saturated carbocycles. The average molecular weight is 223 g/mol. The summed E-state index contributed by atoms with van der Waals surface area (Å²) in [6, 6.07) is 4.41. The van der Waals surface area contributed by atoms with E-state index in [1.54, 1.807) is 6.26 Å². The van der Waals surface area contributed by atoms with Crippen LogP contribution in [-0.2, 0) is 11.2 Å². The molecule has 90 valence electrons. The van der Waals surface area contributed by atoms with Crippen molar-refractivity contribution in [3.8, 4) is 0 Å². The number of hydrogen-bond donors (Lipinski definition) is 1. The van der Waals surface area contributed by atoms with Crippen molar-refractivity contribution in [1.82, 2.24) is 5.32 Å². The van der Waals surface area contributed by atoms with Gasteiger partial charge in [0.05, 0.1) is 11.9 Å². The Kier molecular flexibility index (Phi) is 3.66. The van der Waals surface area contributed by atoms with Gasteiger partial charge in [-0.05, 0) is 44.9 Å². The van der Waals surface area contributed by atoms with Crippen molar-refractivity contribution in [2.24, 2.45) is 0 Å². The first kappa shape index (κ1) is 11.7. The van der Waals surface area contributed by atoms with E-state index in [9.17, 15) is 0 Å². The van der Waals surface area contributed by atoms with Gasteiger partial charge in [-0.1, -0.05) is 0 Å². The molecule has 1 atom stereocenters. The van der Waals surface area contributed by atoms with Crippen molar-refractivity contribution in [3.05, 3.63) is 24.2 Å². The van der Waals surface area contributed by atoms with Crippen molar-refractivity contribution in [3.63, 3.8) is 0 Å². The first-order valence-corrected chi connectivity index (χ1v) is 6.03. The Balaban J connectivity index is 1.90. The molecule has 0 radical (unpaired) electrons. The molecule has 3 nitrogen and oxygen atoms in total. The van der Waals surface area contributed by atoms with E-state index in [-0.39, 0.29) is 5.60 Å². The quantitative estimate of drug-likeness (QED) is 0.804. The highest BCUT2D eigenvalue weighted by molar-refractivity contribution is 5.02. The fourth-order valence-corrected chi connectivity index (χ4v) is 2.46. The third-order valence-electron chi connectivity index (χ3n) is 3.75. The van der Waals surface area contributed by atoms with Crippen LogP contribution >= 0.6 is 0 Å². The first-order chi connectivity index (χ1) is 7.78. The van der Waals surface area contributed by atoms with Gasteiger partial charge in [0, 0.05) is 19.6 Å². The van der Waals surface area contributed by atoms with E-state index < -0.39 is 0 Å². The number of nitrogens with one attached hydrogen (secondary N) is 1. The zero-order chi connectivity index (χ0) is 11.4. The molecule has 0 bridgehead atoms. The molecule has 1 aromatic heterocycles. The summed E-state index contributed by atoms with van der Waals surface area (Å²) in [7, 11) is 3.84. The number of furan rings is 1. The highest BCUT2D eigenvalue weighted by Crippen LogP contribution is 2.39. The van der Waals surface area contributed by atoms with Gasteiger partial charge in [0.2, 0.25) is 0 Å². The Bertz CT molecular complexity index is 298. The molecule has 0 aliphatic heterocycles. The van der Waals surface area contributed by atoms with E-state index in [2.05, 4.69) is 5.32 Å². The van der Waals surface area contributed by atoms with Gasteiger partial charge in [0.25, 0.3) is 0 Å². The SMILES string of the molecule is CNC(Cc1ccco1)CC1(OC)CCC1. The second-order valence-electron chi connectivity index (χ2n) is 4.71. The first-order valence-electron chi connectivity index (χ1n) is 6.03. The lowest BCUT2D eigenvalue weighted by Crippen LogP contribution is -2.45. The van der Waals surface area contributed by atoms with Gasteiger partial charge >= 0.3 is 0 Å². The largest absolute Gasteiger partial charge is 0.469 e. The minimum Gasteiger partial charge on any atom is -0.469 e. The van der Waals surface area contributed by atoms with Crippen molar-refractivity contribution >= 4 is 0 Å². The molecular weight excluding hydrogens is 202 g/mol. The second kappa shape index (κ2) is 5.02. The van der Waals surface area contributed by atoms with Crippen LogP contribution in [0, 0.1) is 0 Å². The van der Waals surface area contributed by atoms with E-state index in [1.807, 2.05) is 26.3 Å². The van der Waals surface area contributed by atoms with Gasteiger partial charge in [-0.15, -0.1) is 0 Å². The molecule has 1 unspecified atom stereocenters. The predicted octanol–water partition coefficient (Wildman–Crippen LogP) is 2.37. The van der Waals surface area contributed by atoms with E-state index in [1.165, 1.54) is 19.3 Å². The van der Waals surface area contributed by atoms with Crippen molar-refractivity contribution in [1.29, 1.82) is 0 Å². The van der Waals surface area contributed by atoms with Gasteiger partial charge in [0.1, 0.15) is 5.76 Å². The van der Waals surface area contributed by atoms with E-state index in [0.717, 1.165) is 18.6 Å². The average Bonchev–Trinajstić information content (AvgIpc) is 2.74. The molecule has 1 aromatic rings. The lowest BCUT2D eigenvalue weighted by atomic mass is 9.75.